The first-order chi connectivity index (χ1) is 9.99. The maximum absolute atomic E-state index is 11.8. The number of carbonyl (C=O) groups is 1. The molecule has 2 amide bonds. The molecule has 2 aromatic carbocycles. The molecule has 6 heteroatoms. The Bertz CT molecular complexity index is 630. The third-order valence-electron chi connectivity index (χ3n) is 2.95. The van der Waals surface area contributed by atoms with Crippen LogP contribution >= 0.6 is 0 Å². The van der Waals surface area contributed by atoms with Crippen molar-refractivity contribution >= 4 is 17.4 Å². The number of anilines is 2. The van der Waals surface area contributed by atoms with Gasteiger partial charge in [0.05, 0.1) is 5.69 Å². The van der Waals surface area contributed by atoms with Crippen LogP contribution < -0.4 is 10.6 Å². The molecule has 5 N–H and O–H groups in total. The summed E-state index contributed by atoms with van der Waals surface area (Å²) in [6.45, 7) is 2.04. The van der Waals surface area contributed by atoms with Crippen LogP contribution in [0.5, 0.6) is 17.2 Å². The van der Waals surface area contributed by atoms with E-state index in [0.29, 0.717) is 5.69 Å². The van der Waals surface area contributed by atoms with Crippen molar-refractivity contribution in [1.82, 2.24) is 0 Å². The van der Waals surface area contributed by atoms with Crippen molar-refractivity contribution in [3.63, 3.8) is 0 Å². The monoisotopic (exact) mass is 288 g/mol. The summed E-state index contributed by atoms with van der Waals surface area (Å²) in [5.41, 5.74) is 1.94. The smallest absolute Gasteiger partial charge is 0.323 e. The van der Waals surface area contributed by atoms with Crippen molar-refractivity contribution in [3.8, 4) is 17.2 Å². The summed E-state index contributed by atoms with van der Waals surface area (Å²) >= 11 is 0. The van der Waals surface area contributed by atoms with Gasteiger partial charge in [0.15, 0.2) is 17.2 Å². The number of aryl methyl sites for hydroxylation is 1. The van der Waals surface area contributed by atoms with Gasteiger partial charge in [0.1, 0.15) is 0 Å². The summed E-state index contributed by atoms with van der Waals surface area (Å²) in [5, 5.41) is 33.0. The zero-order chi connectivity index (χ0) is 15.4. The van der Waals surface area contributed by atoms with Crippen LogP contribution in [0.2, 0.25) is 0 Å². The van der Waals surface area contributed by atoms with Crippen LogP contribution in [0.1, 0.15) is 12.5 Å². The number of hydrogen-bond donors (Lipinski definition) is 5. The summed E-state index contributed by atoms with van der Waals surface area (Å²) in [7, 11) is 0. The van der Waals surface area contributed by atoms with Gasteiger partial charge in [-0.15, -0.1) is 0 Å². The molecular weight excluding hydrogens is 272 g/mol. The van der Waals surface area contributed by atoms with Crippen LogP contribution in [-0.2, 0) is 6.42 Å². The van der Waals surface area contributed by atoms with Crippen molar-refractivity contribution in [2.45, 2.75) is 13.3 Å². The second-order valence-electron chi connectivity index (χ2n) is 4.49. The molecule has 2 rings (SSSR count). The van der Waals surface area contributed by atoms with Crippen LogP contribution in [-0.4, -0.2) is 21.4 Å². The lowest BCUT2D eigenvalue weighted by molar-refractivity contribution is 0.262. The number of hydrogen-bond acceptors (Lipinski definition) is 4. The number of rotatable bonds is 3. The van der Waals surface area contributed by atoms with E-state index in [-0.39, 0.29) is 5.69 Å². The predicted molar refractivity (Wildman–Crippen MR) is 79.9 cm³/mol. The average Bonchev–Trinajstić information content (AvgIpc) is 2.45. The minimum atomic E-state index is -0.629. The molecule has 0 aliphatic carbocycles. The molecule has 0 unspecified atom stereocenters. The van der Waals surface area contributed by atoms with Gasteiger partial charge in [-0.2, -0.15) is 0 Å². The number of aromatic hydroxyl groups is 3. The van der Waals surface area contributed by atoms with Gasteiger partial charge in [-0.05, 0) is 24.1 Å². The van der Waals surface area contributed by atoms with Gasteiger partial charge in [0.2, 0.25) is 0 Å². The van der Waals surface area contributed by atoms with E-state index < -0.39 is 23.3 Å². The molecule has 0 fully saturated rings. The van der Waals surface area contributed by atoms with Gasteiger partial charge in [0.25, 0.3) is 0 Å². The molecule has 110 valence electrons. The van der Waals surface area contributed by atoms with Crippen LogP contribution in [0, 0.1) is 0 Å². The summed E-state index contributed by atoms with van der Waals surface area (Å²) < 4.78 is 0. The summed E-state index contributed by atoms with van der Waals surface area (Å²) in [5.74, 6) is -1.66. The predicted octanol–water partition coefficient (Wildman–Crippen LogP) is 3.01. The number of nitrogens with one attached hydrogen (secondary N) is 2. The van der Waals surface area contributed by atoms with Crippen molar-refractivity contribution in [1.29, 1.82) is 0 Å². The molecule has 0 spiro atoms. The van der Waals surface area contributed by atoms with Gasteiger partial charge in [-0.3, -0.25) is 0 Å². The van der Waals surface area contributed by atoms with Gasteiger partial charge < -0.3 is 26.0 Å². The van der Waals surface area contributed by atoms with E-state index >= 15 is 0 Å². The Kier molecular flexibility index (Phi) is 4.18. The topological polar surface area (TPSA) is 102 Å². The van der Waals surface area contributed by atoms with Gasteiger partial charge >= 0.3 is 6.03 Å². The number of amides is 2. The second kappa shape index (κ2) is 6.04. The van der Waals surface area contributed by atoms with Gasteiger partial charge in [-0.1, -0.05) is 19.1 Å². The van der Waals surface area contributed by atoms with Gasteiger partial charge in [0, 0.05) is 17.8 Å². The molecule has 2 aromatic rings. The van der Waals surface area contributed by atoms with E-state index in [9.17, 15) is 20.1 Å². The highest BCUT2D eigenvalue weighted by molar-refractivity contribution is 6.00. The first-order valence-corrected chi connectivity index (χ1v) is 6.41. The molecule has 0 aliphatic rings. The molecule has 0 heterocycles. The third kappa shape index (κ3) is 3.56. The summed E-state index contributed by atoms with van der Waals surface area (Å²) in [6.07, 6.45) is 0.915. The lowest BCUT2D eigenvalue weighted by atomic mass is 10.1. The third-order valence-corrected chi connectivity index (χ3v) is 2.95. The van der Waals surface area contributed by atoms with E-state index in [2.05, 4.69) is 10.6 Å². The zero-order valence-electron chi connectivity index (χ0n) is 11.4. The van der Waals surface area contributed by atoms with Crippen LogP contribution in [0.4, 0.5) is 16.2 Å². The van der Waals surface area contributed by atoms with E-state index in [4.69, 9.17) is 0 Å². The fourth-order valence-corrected chi connectivity index (χ4v) is 1.79. The Balaban J connectivity index is 2.04. The van der Waals surface area contributed by atoms with Crippen molar-refractivity contribution in [3.05, 3.63) is 42.0 Å². The lowest BCUT2D eigenvalue weighted by Crippen LogP contribution is -2.19. The Morgan fingerprint density at radius 2 is 1.48 bits per heavy atom. The highest BCUT2D eigenvalue weighted by Crippen LogP contribution is 2.37. The maximum Gasteiger partial charge on any atom is 0.323 e. The van der Waals surface area contributed by atoms with Crippen LogP contribution in [0.25, 0.3) is 0 Å². The summed E-state index contributed by atoms with van der Waals surface area (Å²) in [6, 6.07) is 9.13. The first-order valence-electron chi connectivity index (χ1n) is 6.41. The fraction of sp³-hybridized carbons (Fsp3) is 0.133. The SMILES string of the molecule is CCc1ccc(NC(=O)Nc2cc(O)c(O)c(O)c2)cc1. The van der Waals surface area contributed by atoms with E-state index in [1.165, 1.54) is 0 Å². The molecule has 0 saturated heterocycles. The van der Waals surface area contributed by atoms with E-state index in [1.807, 2.05) is 19.1 Å². The zero-order valence-corrected chi connectivity index (χ0v) is 11.4. The van der Waals surface area contributed by atoms with E-state index in [1.54, 1.807) is 12.1 Å². The minimum absolute atomic E-state index is 0.158. The largest absolute Gasteiger partial charge is 0.504 e. The maximum atomic E-state index is 11.8. The molecule has 0 radical (unpaired) electrons. The Morgan fingerprint density at radius 3 is 2.00 bits per heavy atom. The number of benzene rings is 2. The highest BCUT2D eigenvalue weighted by atomic mass is 16.3. The van der Waals surface area contributed by atoms with E-state index in [0.717, 1.165) is 24.1 Å². The summed E-state index contributed by atoms with van der Waals surface area (Å²) in [4.78, 5) is 11.8. The second-order valence-corrected chi connectivity index (χ2v) is 4.49. The number of phenols is 3. The first kappa shape index (κ1) is 14.5. The highest BCUT2D eigenvalue weighted by Gasteiger charge is 2.10. The molecule has 6 nitrogen and oxygen atoms in total. The molecular formula is C15H16N2O4. The Labute approximate surface area is 121 Å². The normalized spacial score (nSPS) is 10.1. The average molecular weight is 288 g/mol. The van der Waals surface area contributed by atoms with Crippen molar-refractivity contribution < 1.29 is 20.1 Å². The minimum Gasteiger partial charge on any atom is -0.504 e. The molecule has 21 heavy (non-hydrogen) atoms. The van der Waals surface area contributed by atoms with Crippen LogP contribution in [0.3, 0.4) is 0 Å². The number of phenolic OH excluding ortho intramolecular Hbond substituents is 3. The van der Waals surface area contributed by atoms with Gasteiger partial charge in [-0.25, -0.2) is 4.79 Å². The quantitative estimate of drug-likeness (QED) is 0.442. The number of carbonyl (C=O) groups excluding carboxylic acids is 1. The standard InChI is InChI=1S/C15H16N2O4/c1-2-9-3-5-10(6-4-9)16-15(21)17-11-7-12(18)14(20)13(19)8-11/h3-8,18-20H,2H2,1H3,(H2,16,17,21). The Morgan fingerprint density at radius 1 is 0.952 bits per heavy atom. The molecule has 0 saturated carbocycles. The molecule has 0 atom stereocenters. The molecule has 0 bridgehead atoms. The fourth-order valence-electron chi connectivity index (χ4n) is 1.79. The van der Waals surface area contributed by atoms with Crippen molar-refractivity contribution in [2.75, 3.05) is 10.6 Å². The van der Waals surface area contributed by atoms with Crippen molar-refractivity contribution in [2.24, 2.45) is 0 Å². The Hall–Kier alpha value is -2.89. The molecule has 0 aromatic heterocycles. The van der Waals surface area contributed by atoms with Crippen LogP contribution in [0.15, 0.2) is 36.4 Å². The molecule has 0 aliphatic heterocycles. The number of urea groups is 1. The lowest BCUT2D eigenvalue weighted by Gasteiger charge is -2.09.